The van der Waals surface area contributed by atoms with Gasteiger partial charge in [-0.05, 0) is 44.4 Å². The van der Waals surface area contributed by atoms with E-state index in [1.165, 1.54) is 11.1 Å². The summed E-state index contributed by atoms with van der Waals surface area (Å²) in [7, 11) is 1.58. The fraction of sp³-hybridized carbons (Fsp3) is 0.296. The number of nitrogens with one attached hydrogen (secondary N) is 1. The molecule has 35 heavy (non-hydrogen) atoms. The van der Waals surface area contributed by atoms with E-state index in [2.05, 4.69) is 51.8 Å². The third-order valence-corrected chi connectivity index (χ3v) is 6.59. The number of pyridine rings is 1. The number of H-pyrrole nitrogens is 1. The summed E-state index contributed by atoms with van der Waals surface area (Å²) in [5.74, 6) is 1.53. The van der Waals surface area contributed by atoms with Crippen molar-refractivity contribution in [3.63, 3.8) is 0 Å². The molecule has 8 heteroatoms. The van der Waals surface area contributed by atoms with Gasteiger partial charge in [-0.25, -0.2) is 14.8 Å². The predicted molar refractivity (Wildman–Crippen MR) is 141 cm³/mol. The molecule has 1 fully saturated rings. The number of piperidine rings is 1. The zero-order valence-corrected chi connectivity index (χ0v) is 20.2. The third-order valence-electron chi connectivity index (χ3n) is 6.59. The van der Waals surface area contributed by atoms with Crippen molar-refractivity contribution in [2.75, 3.05) is 30.8 Å². The van der Waals surface area contributed by atoms with Crippen molar-refractivity contribution in [1.82, 2.24) is 15.0 Å². The monoisotopic (exact) mass is 467 g/mol. The number of nitrogen functional groups attached to an aromatic ring is 1. The average molecular weight is 468 g/mol. The Kier molecular flexibility index (Phi) is 5.79. The molecular formula is C27H29N7O. The van der Waals surface area contributed by atoms with Gasteiger partial charge in [0.15, 0.2) is 5.69 Å². The third kappa shape index (κ3) is 4.15. The number of nitrogens with two attached hydrogens (primary N) is 2. The minimum Gasteiger partial charge on any atom is -0.496 e. The highest BCUT2D eigenvalue weighted by molar-refractivity contribution is 5.97. The molecular weight excluding hydrogens is 438 g/mol. The van der Waals surface area contributed by atoms with Crippen LogP contribution in [0.4, 0.5) is 17.2 Å². The molecule has 2 aromatic heterocycles. The summed E-state index contributed by atoms with van der Waals surface area (Å²) in [4.78, 5) is 18.8. The van der Waals surface area contributed by atoms with E-state index in [9.17, 15) is 0 Å². The molecule has 0 spiro atoms. The van der Waals surface area contributed by atoms with Gasteiger partial charge in [-0.1, -0.05) is 29.3 Å². The Morgan fingerprint density at radius 1 is 1.11 bits per heavy atom. The van der Waals surface area contributed by atoms with E-state index in [0.29, 0.717) is 34.1 Å². The topological polar surface area (TPSA) is 110 Å². The number of fused-ring (bicyclic) bond motifs is 1. The number of aromatic amines is 1. The van der Waals surface area contributed by atoms with Crippen LogP contribution in [0, 0.1) is 20.4 Å². The molecule has 5 rings (SSSR count). The zero-order valence-electron chi connectivity index (χ0n) is 20.2. The van der Waals surface area contributed by atoms with Crippen LogP contribution in [0.3, 0.4) is 0 Å². The van der Waals surface area contributed by atoms with Crippen molar-refractivity contribution in [3.05, 3.63) is 59.1 Å². The van der Waals surface area contributed by atoms with Crippen LogP contribution in [0.1, 0.15) is 24.0 Å². The maximum absolute atomic E-state index is 7.43. The zero-order chi connectivity index (χ0) is 24.7. The fourth-order valence-electron chi connectivity index (χ4n) is 4.95. The Balaban J connectivity index is 1.78. The van der Waals surface area contributed by atoms with Crippen LogP contribution in [0.2, 0.25) is 0 Å². The number of nitrogens with zero attached hydrogens (tertiary/aromatic N) is 4. The van der Waals surface area contributed by atoms with E-state index in [1.54, 1.807) is 19.2 Å². The Labute approximate surface area is 204 Å². The number of hydrogen-bond acceptors (Lipinski definition) is 6. The second-order valence-electron chi connectivity index (χ2n) is 9.22. The standard InChI is InChI=1S/C27H29N7O/c1-15-9-16(2)11-17(10-15)20-14-31-26(29)23(25(20)34-7-5-18(28)6-8-34)27-32-21-12-19(30-3)13-22(35-4)24(21)33-27/h9-14,18H,5-8,28H2,1-2,4H3,(H2,29,31)(H,32,33). The van der Waals surface area contributed by atoms with Crippen LogP contribution in [-0.2, 0) is 0 Å². The highest BCUT2D eigenvalue weighted by atomic mass is 16.5. The number of ether oxygens (including phenoxy) is 1. The molecule has 2 aromatic carbocycles. The van der Waals surface area contributed by atoms with Gasteiger partial charge in [0.25, 0.3) is 0 Å². The summed E-state index contributed by atoms with van der Waals surface area (Å²) in [5.41, 5.74) is 20.8. The lowest BCUT2D eigenvalue weighted by atomic mass is 9.96. The molecule has 0 aliphatic carbocycles. The lowest BCUT2D eigenvalue weighted by Gasteiger charge is -2.35. The van der Waals surface area contributed by atoms with Crippen LogP contribution in [0.25, 0.3) is 38.4 Å². The number of hydrogen-bond donors (Lipinski definition) is 3. The van der Waals surface area contributed by atoms with Crippen molar-refractivity contribution < 1.29 is 4.74 Å². The van der Waals surface area contributed by atoms with Crippen molar-refractivity contribution in [3.8, 4) is 28.3 Å². The molecule has 1 aliphatic heterocycles. The molecule has 0 saturated carbocycles. The summed E-state index contributed by atoms with van der Waals surface area (Å²) < 4.78 is 5.53. The number of rotatable bonds is 4. The Hall–Kier alpha value is -4.09. The molecule has 1 saturated heterocycles. The first-order valence-corrected chi connectivity index (χ1v) is 11.7. The molecule has 0 atom stereocenters. The van der Waals surface area contributed by atoms with Crippen molar-refractivity contribution in [2.45, 2.75) is 32.7 Å². The second-order valence-corrected chi connectivity index (χ2v) is 9.22. The van der Waals surface area contributed by atoms with E-state index in [0.717, 1.165) is 48.3 Å². The molecule has 1 aliphatic rings. The summed E-state index contributed by atoms with van der Waals surface area (Å²) >= 11 is 0. The molecule has 0 amide bonds. The number of benzene rings is 2. The Morgan fingerprint density at radius 3 is 2.49 bits per heavy atom. The normalized spacial score (nSPS) is 14.3. The lowest BCUT2D eigenvalue weighted by molar-refractivity contribution is 0.419. The molecule has 178 valence electrons. The lowest BCUT2D eigenvalue weighted by Crippen LogP contribution is -2.40. The molecule has 0 bridgehead atoms. The largest absolute Gasteiger partial charge is 0.496 e. The highest BCUT2D eigenvalue weighted by Gasteiger charge is 2.27. The first kappa shape index (κ1) is 22.7. The van der Waals surface area contributed by atoms with Gasteiger partial charge in [-0.3, -0.25) is 0 Å². The molecule has 3 heterocycles. The van der Waals surface area contributed by atoms with Gasteiger partial charge in [-0.2, -0.15) is 0 Å². The van der Waals surface area contributed by atoms with E-state index in [-0.39, 0.29) is 6.04 Å². The molecule has 0 radical (unpaired) electrons. The number of aromatic nitrogens is 3. The van der Waals surface area contributed by atoms with E-state index < -0.39 is 0 Å². The number of imidazole rings is 1. The van der Waals surface area contributed by atoms with E-state index in [1.807, 2.05) is 6.20 Å². The Morgan fingerprint density at radius 2 is 1.83 bits per heavy atom. The van der Waals surface area contributed by atoms with Crippen molar-refractivity contribution >= 4 is 28.2 Å². The minimum absolute atomic E-state index is 0.195. The number of anilines is 2. The number of aryl methyl sites for hydroxylation is 2. The first-order valence-electron chi connectivity index (χ1n) is 11.7. The van der Waals surface area contributed by atoms with Gasteiger partial charge in [0.1, 0.15) is 22.9 Å². The van der Waals surface area contributed by atoms with Gasteiger partial charge in [0.2, 0.25) is 0 Å². The predicted octanol–water partition coefficient (Wildman–Crippen LogP) is 4.98. The van der Waals surface area contributed by atoms with Gasteiger partial charge in [0, 0.05) is 30.9 Å². The smallest absolute Gasteiger partial charge is 0.193 e. The SMILES string of the molecule is [C-]#[N+]c1cc(OC)c2nc(-c3c(N)ncc(-c4cc(C)cc(C)c4)c3N3CCC(N)CC3)[nH]c2c1. The van der Waals surface area contributed by atoms with Crippen LogP contribution >= 0.6 is 0 Å². The van der Waals surface area contributed by atoms with Crippen molar-refractivity contribution in [2.24, 2.45) is 5.73 Å². The van der Waals surface area contributed by atoms with Crippen LogP contribution in [-0.4, -0.2) is 41.2 Å². The number of methoxy groups -OCH3 is 1. The van der Waals surface area contributed by atoms with Gasteiger partial charge in [-0.15, -0.1) is 0 Å². The maximum Gasteiger partial charge on any atom is 0.193 e. The Bertz CT molecular complexity index is 1440. The molecule has 0 unspecified atom stereocenters. The van der Waals surface area contributed by atoms with Gasteiger partial charge in [0.05, 0.1) is 30.4 Å². The van der Waals surface area contributed by atoms with Crippen LogP contribution in [0.5, 0.6) is 5.75 Å². The first-order chi connectivity index (χ1) is 16.9. The summed E-state index contributed by atoms with van der Waals surface area (Å²) in [6.07, 6.45) is 3.66. The van der Waals surface area contributed by atoms with Crippen molar-refractivity contribution in [1.29, 1.82) is 0 Å². The van der Waals surface area contributed by atoms with E-state index >= 15 is 0 Å². The fourth-order valence-corrected chi connectivity index (χ4v) is 4.95. The maximum atomic E-state index is 7.43. The minimum atomic E-state index is 0.195. The van der Waals surface area contributed by atoms with E-state index in [4.69, 9.17) is 27.8 Å². The molecule has 8 nitrogen and oxygen atoms in total. The average Bonchev–Trinajstić information content (AvgIpc) is 3.26. The summed E-state index contributed by atoms with van der Waals surface area (Å²) in [6.45, 7) is 13.3. The quantitative estimate of drug-likeness (QED) is 0.365. The second kappa shape index (κ2) is 8.93. The summed E-state index contributed by atoms with van der Waals surface area (Å²) in [5, 5.41) is 0. The van der Waals surface area contributed by atoms with Gasteiger partial charge < -0.3 is 26.1 Å². The van der Waals surface area contributed by atoms with Crippen LogP contribution in [0.15, 0.2) is 36.5 Å². The summed E-state index contributed by atoms with van der Waals surface area (Å²) in [6, 6.07) is 10.2. The molecule has 5 N–H and O–H groups in total. The molecule has 4 aromatic rings. The van der Waals surface area contributed by atoms with Crippen LogP contribution < -0.4 is 21.1 Å². The van der Waals surface area contributed by atoms with Gasteiger partial charge >= 0.3 is 0 Å². The highest BCUT2D eigenvalue weighted by Crippen LogP contribution is 2.43.